The maximum Gasteiger partial charge on any atom is 0.490 e. The minimum Gasteiger partial charge on any atom is -0.475 e. The predicted molar refractivity (Wildman–Crippen MR) is 134 cm³/mol. The van der Waals surface area contributed by atoms with Crippen molar-refractivity contribution in [2.24, 2.45) is 0 Å². The maximum absolute atomic E-state index is 14.2. The van der Waals surface area contributed by atoms with Crippen molar-refractivity contribution in [3.05, 3.63) is 53.8 Å². The van der Waals surface area contributed by atoms with Gasteiger partial charge in [-0.05, 0) is 43.2 Å². The molecule has 2 aliphatic heterocycles. The SMILES string of the molecule is O=C(NCC1CCCO1)c1ccc(N2CCNCC2)c(NS(=O)(=O)c2ccccc2F)c1.O=C(O)C(F)(F)F. The van der Waals surface area contributed by atoms with E-state index < -0.39 is 32.9 Å². The lowest BCUT2D eigenvalue weighted by atomic mass is 10.1. The Bertz CT molecular complexity index is 1260. The van der Waals surface area contributed by atoms with Crippen LogP contribution in [0.3, 0.4) is 0 Å². The molecule has 0 bridgehead atoms. The molecular weight excluding hydrogens is 548 g/mol. The van der Waals surface area contributed by atoms with E-state index in [2.05, 4.69) is 15.4 Å². The van der Waals surface area contributed by atoms with Crippen molar-refractivity contribution in [2.45, 2.75) is 30.0 Å². The van der Waals surface area contributed by atoms with Gasteiger partial charge in [-0.2, -0.15) is 13.2 Å². The van der Waals surface area contributed by atoms with Crippen LogP contribution < -0.4 is 20.3 Å². The van der Waals surface area contributed by atoms with Gasteiger partial charge in [0.25, 0.3) is 15.9 Å². The third-order valence-corrected chi connectivity index (χ3v) is 7.24. The molecule has 0 saturated carbocycles. The molecule has 2 heterocycles. The van der Waals surface area contributed by atoms with E-state index in [1.54, 1.807) is 12.1 Å². The zero-order chi connectivity index (χ0) is 28.6. The Labute approximate surface area is 222 Å². The Morgan fingerprint density at radius 2 is 1.79 bits per heavy atom. The summed E-state index contributed by atoms with van der Waals surface area (Å²) in [6.45, 7) is 3.96. The minimum atomic E-state index is -5.08. The lowest BCUT2D eigenvalue weighted by molar-refractivity contribution is -0.192. The Morgan fingerprint density at radius 1 is 1.13 bits per heavy atom. The summed E-state index contributed by atoms with van der Waals surface area (Å²) in [7, 11) is -4.19. The summed E-state index contributed by atoms with van der Waals surface area (Å²) >= 11 is 0. The number of hydrogen-bond acceptors (Lipinski definition) is 7. The van der Waals surface area contributed by atoms with Crippen molar-refractivity contribution < 1.29 is 45.4 Å². The molecule has 2 aromatic rings. The quantitative estimate of drug-likeness (QED) is 0.370. The van der Waals surface area contributed by atoms with E-state index in [0.29, 0.717) is 37.5 Å². The van der Waals surface area contributed by atoms with Gasteiger partial charge >= 0.3 is 12.1 Å². The average molecular weight is 577 g/mol. The van der Waals surface area contributed by atoms with Crippen LogP contribution in [-0.4, -0.2) is 77.0 Å². The van der Waals surface area contributed by atoms with E-state index in [1.165, 1.54) is 24.3 Å². The topological polar surface area (TPSA) is 137 Å². The number of ether oxygens (including phenoxy) is 1. The highest BCUT2D eigenvalue weighted by molar-refractivity contribution is 7.92. The fraction of sp³-hybridized carbons (Fsp3) is 0.417. The number of nitrogens with one attached hydrogen (secondary N) is 3. The number of alkyl halides is 3. The molecular formula is C24H28F4N4O6S. The smallest absolute Gasteiger partial charge is 0.475 e. The van der Waals surface area contributed by atoms with E-state index >= 15 is 0 Å². The van der Waals surface area contributed by atoms with Crippen molar-refractivity contribution in [3.63, 3.8) is 0 Å². The number of carbonyl (C=O) groups excluding carboxylic acids is 1. The second-order valence-electron chi connectivity index (χ2n) is 8.65. The number of sulfonamides is 1. The summed E-state index contributed by atoms with van der Waals surface area (Å²) in [5.41, 5.74) is 1.19. The van der Waals surface area contributed by atoms with Crippen molar-refractivity contribution in [1.82, 2.24) is 10.6 Å². The van der Waals surface area contributed by atoms with E-state index in [0.717, 1.165) is 32.0 Å². The van der Waals surface area contributed by atoms with E-state index in [1.807, 2.05) is 4.90 Å². The number of carbonyl (C=O) groups is 2. The zero-order valence-electron chi connectivity index (χ0n) is 20.6. The van der Waals surface area contributed by atoms with E-state index in [4.69, 9.17) is 14.6 Å². The van der Waals surface area contributed by atoms with Gasteiger partial charge in [0.15, 0.2) is 0 Å². The average Bonchev–Trinajstić information content (AvgIpc) is 3.41. The fourth-order valence-corrected chi connectivity index (χ4v) is 5.06. The number of carboxylic acid groups (broad SMARTS) is 1. The van der Waals surface area contributed by atoms with Gasteiger partial charge < -0.3 is 25.4 Å². The molecule has 2 saturated heterocycles. The highest BCUT2D eigenvalue weighted by Gasteiger charge is 2.38. The fourth-order valence-electron chi connectivity index (χ4n) is 3.92. The van der Waals surface area contributed by atoms with Crippen LogP contribution in [0.1, 0.15) is 23.2 Å². The number of piperazine rings is 1. The van der Waals surface area contributed by atoms with Crippen LogP contribution in [0.25, 0.3) is 0 Å². The van der Waals surface area contributed by atoms with Gasteiger partial charge in [0.1, 0.15) is 10.7 Å². The Morgan fingerprint density at radius 3 is 2.38 bits per heavy atom. The van der Waals surface area contributed by atoms with Gasteiger partial charge in [-0.25, -0.2) is 17.6 Å². The van der Waals surface area contributed by atoms with Crippen LogP contribution in [0.4, 0.5) is 28.9 Å². The molecule has 1 unspecified atom stereocenters. The number of anilines is 2. The summed E-state index contributed by atoms with van der Waals surface area (Å²) < 4.78 is 79.8. The normalized spacial score (nSPS) is 17.6. The van der Waals surface area contributed by atoms with Gasteiger partial charge in [-0.3, -0.25) is 9.52 Å². The summed E-state index contributed by atoms with van der Waals surface area (Å²) in [6, 6.07) is 10.1. The highest BCUT2D eigenvalue weighted by atomic mass is 32.2. The third kappa shape index (κ3) is 8.53. The first kappa shape index (κ1) is 30.1. The minimum absolute atomic E-state index is 0.00176. The standard InChI is InChI=1S/C22H27FN4O4S.C2HF3O2/c23-18-5-1-2-6-21(18)32(29,30)26-19-14-16(22(28)25-15-17-4-3-13-31-17)7-8-20(19)27-11-9-24-10-12-27;3-2(4,5)1(6)7/h1-2,5-8,14,17,24,26H,3-4,9-13,15H2,(H,25,28);(H,6,7). The van der Waals surface area contributed by atoms with E-state index in [-0.39, 0.29) is 17.7 Å². The number of amides is 1. The maximum atomic E-state index is 14.2. The number of hydrogen-bond donors (Lipinski definition) is 4. The molecule has 2 fully saturated rings. The first-order valence-electron chi connectivity index (χ1n) is 12.0. The molecule has 0 aliphatic carbocycles. The molecule has 0 aromatic heterocycles. The monoisotopic (exact) mass is 576 g/mol. The van der Waals surface area contributed by atoms with Crippen LogP contribution in [-0.2, 0) is 19.6 Å². The van der Waals surface area contributed by atoms with Gasteiger partial charge in [0.2, 0.25) is 0 Å². The van der Waals surface area contributed by atoms with Crippen LogP contribution in [0.5, 0.6) is 0 Å². The molecule has 39 heavy (non-hydrogen) atoms. The van der Waals surface area contributed by atoms with Crippen molar-refractivity contribution in [1.29, 1.82) is 0 Å². The van der Waals surface area contributed by atoms with Gasteiger partial charge in [0, 0.05) is 44.9 Å². The van der Waals surface area contributed by atoms with Crippen LogP contribution >= 0.6 is 0 Å². The molecule has 214 valence electrons. The summed E-state index contributed by atoms with van der Waals surface area (Å²) in [4.78, 5) is 23.2. The molecule has 0 spiro atoms. The number of benzene rings is 2. The first-order chi connectivity index (χ1) is 18.4. The summed E-state index contributed by atoms with van der Waals surface area (Å²) in [6.07, 6.45) is -3.21. The summed E-state index contributed by atoms with van der Waals surface area (Å²) in [5.74, 6) is -3.92. The second-order valence-corrected chi connectivity index (χ2v) is 10.3. The Hall–Kier alpha value is -3.43. The largest absolute Gasteiger partial charge is 0.490 e. The molecule has 1 amide bonds. The second kappa shape index (κ2) is 13.1. The van der Waals surface area contributed by atoms with Gasteiger partial charge in [-0.1, -0.05) is 12.1 Å². The van der Waals surface area contributed by atoms with Gasteiger partial charge in [-0.15, -0.1) is 0 Å². The van der Waals surface area contributed by atoms with Crippen molar-refractivity contribution >= 4 is 33.3 Å². The van der Waals surface area contributed by atoms with Crippen molar-refractivity contribution in [2.75, 3.05) is 49.0 Å². The van der Waals surface area contributed by atoms with Gasteiger partial charge in [0.05, 0.1) is 17.5 Å². The Balaban J connectivity index is 0.000000532. The molecule has 15 heteroatoms. The van der Waals surface area contributed by atoms with Crippen molar-refractivity contribution in [3.8, 4) is 0 Å². The molecule has 10 nitrogen and oxygen atoms in total. The lowest BCUT2D eigenvalue weighted by Gasteiger charge is -2.31. The molecule has 2 aliphatic rings. The molecule has 4 N–H and O–H groups in total. The molecule has 2 aromatic carbocycles. The first-order valence-corrected chi connectivity index (χ1v) is 13.4. The third-order valence-electron chi connectivity index (χ3n) is 5.84. The molecule has 0 radical (unpaired) electrons. The number of nitrogens with zero attached hydrogens (tertiary/aromatic N) is 1. The lowest BCUT2D eigenvalue weighted by Crippen LogP contribution is -2.43. The van der Waals surface area contributed by atoms with Crippen LogP contribution in [0.2, 0.25) is 0 Å². The Kier molecular flexibility index (Phi) is 10.1. The predicted octanol–water partition coefficient (Wildman–Crippen LogP) is 2.58. The van der Waals surface area contributed by atoms with E-state index in [9.17, 15) is 30.8 Å². The van der Waals surface area contributed by atoms with Crippen LogP contribution in [0, 0.1) is 5.82 Å². The highest BCUT2D eigenvalue weighted by Crippen LogP contribution is 2.30. The summed E-state index contributed by atoms with van der Waals surface area (Å²) in [5, 5.41) is 13.2. The number of halogens is 4. The molecule has 4 rings (SSSR count). The zero-order valence-corrected chi connectivity index (χ0v) is 21.4. The van der Waals surface area contributed by atoms with Crippen LogP contribution in [0.15, 0.2) is 47.4 Å². The number of rotatable bonds is 7. The number of carboxylic acids is 1. The molecule has 1 atom stereocenters. The number of aliphatic carboxylic acids is 1.